The van der Waals surface area contributed by atoms with E-state index >= 15 is 0 Å². The van der Waals surface area contributed by atoms with Crippen LogP contribution >= 0.6 is 0 Å². The van der Waals surface area contributed by atoms with E-state index < -0.39 is 11.0 Å². The molecule has 1 unspecified atom stereocenters. The normalized spacial score (nSPS) is 12.2. The Kier molecular flexibility index (Phi) is 5.29. The van der Waals surface area contributed by atoms with Gasteiger partial charge in [-0.05, 0) is 27.7 Å². The molecule has 0 spiro atoms. The summed E-state index contributed by atoms with van der Waals surface area (Å²) < 4.78 is 8.13. The Morgan fingerprint density at radius 1 is 1.50 bits per heavy atom. The van der Waals surface area contributed by atoms with Gasteiger partial charge < -0.3 is 10.1 Å². The van der Waals surface area contributed by atoms with Crippen molar-refractivity contribution >= 4 is 17.3 Å². The molecule has 130 valence electrons. The number of ether oxygens (including phenoxy) is 1. The molecule has 0 saturated carbocycles. The molecule has 0 aliphatic rings. The van der Waals surface area contributed by atoms with Crippen LogP contribution in [0.25, 0.3) is 0 Å². The van der Waals surface area contributed by atoms with E-state index in [0.717, 1.165) is 0 Å². The second-order valence-electron chi connectivity index (χ2n) is 5.28. The molecule has 0 aromatic carbocycles. The number of nitro groups is 1. The fourth-order valence-electron chi connectivity index (χ4n) is 2.34. The molecule has 0 aliphatic carbocycles. The van der Waals surface area contributed by atoms with Gasteiger partial charge in [0.05, 0.1) is 23.0 Å². The molecule has 24 heavy (non-hydrogen) atoms. The molecule has 1 N–H and O–H groups in total. The first kappa shape index (κ1) is 17.6. The highest BCUT2D eigenvalue weighted by molar-refractivity contribution is 5.93. The van der Waals surface area contributed by atoms with Crippen molar-refractivity contribution in [1.29, 1.82) is 0 Å². The molecule has 1 amide bonds. The number of anilines is 1. The number of aryl methyl sites for hydroxylation is 1. The lowest BCUT2D eigenvalue weighted by atomic mass is 10.2. The Balaban J connectivity index is 2.11. The number of carbonyl (C=O) groups excluding carboxylic acids is 1. The second kappa shape index (κ2) is 7.21. The van der Waals surface area contributed by atoms with Gasteiger partial charge in [0.25, 0.3) is 0 Å². The molecule has 10 nitrogen and oxygen atoms in total. The Hall–Kier alpha value is -2.75. The van der Waals surface area contributed by atoms with Crippen molar-refractivity contribution in [1.82, 2.24) is 19.6 Å². The third kappa shape index (κ3) is 3.59. The molecule has 0 fully saturated rings. The number of hydrogen-bond acceptors (Lipinski definition) is 6. The van der Waals surface area contributed by atoms with E-state index in [-0.39, 0.29) is 17.3 Å². The van der Waals surface area contributed by atoms with Gasteiger partial charge in [-0.25, -0.2) is 4.68 Å². The summed E-state index contributed by atoms with van der Waals surface area (Å²) in [5.74, 6) is -0.341. The quantitative estimate of drug-likeness (QED) is 0.608. The topological polar surface area (TPSA) is 117 Å². The lowest BCUT2D eigenvalue weighted by molar-refractivity contribution is -0.386. The van der Waals surface area contributed by atoms with Crippen LogP contribution < -0.4 is 5.32 Å². The van der Waals surface area contributed by atoms with Crippen LogP contribution in [0.5, 0.6) is 0 Å². The van der Waals surface area contributed by atoms with Gasteiger partial charge in [0.2, 0.25) is 5.91 Å². The molecule has 2 aromatic rings. The molecule has 2 rings (SSSR count). The van der Waals surface area contributed by atoms with Crippen molar-refractivity contribution in [2.24, 2.45) is 0 Å². The Morgan fingerprint density at radius 2 is 2.21 bits per heavy atom. The minimum atomic E-state index is -0.701. The first-order valence-electron chi connectivity index (χ1n) is 7.46. The van der Waals surface area contributed by atoms with Crippen LogP contribution in [0.1, 0.15) is 31.3 Å². The summed E-state index contributed by atoms with van der Waals surface area (Å²) in [6.07, 6.45) is 3.15. The van der Waals surface area contributed by atoms with Crippen molar-refractivity contribution in [3.8, 4) is 0 Å². The first-order chi connectivity index (χ1) is 11.3. The van der Waals surface area contributed by atoms with Gasteiger partial charge >= 0.3 is 5.69 Å². The van der Waals surface area contributed by atoms with Crippen LogP contribution in [-0.4, -0.2) is 37.0 Å². The van der Waals surface area contributed by atoms with Gasteiger partial charge in [0.15, 0.2) is 0 Å². The molecule has 10 heteroatoms. The van der Waals surface area contributed by atoms with E-state index in [0.29, 0.717) is 24.7 Å². The minimum absolute atomic E-state index is 0.0702. The highest BCUT2D eigenvalue weighted by Crippen LogP contribution is 2.25. The van der Waals surface area contributed by atoms with Gasteiger partial charge in [-0.2, -0.15) is 10.2 Å². The van der Waals surface area contributed by atoms with E-state index in [1.807, 2.05) is 6.92 Å². The van der Waals surface area contributed by atoms with Crippen molar-refractivity contribution in [2.75, 3.05) is 11.9 Å². The largest absolute Gasteiger partial charge is 0.360 e. The van der Waals surface area contributed by atoms with Crippen LogP contribution in [-0.2, 0) is 16.3 Å². The van der Waals surface area contributed by atoms with Crippen LogP contribution in [0.15, 0.2) is 12.4 Å². The molecule has 2 heterocycles. The van der Waals surface area contributed by atoms with E-state index in [1.165, 1.54) is 10.9 Å². The Labute approximate surface area is 138 Å². The zero-order valence-corrected chi connectivity index (χ0v) is 14.0. The van der Waals surface area contributed by atoms with Crippen molar-refractivity contribution in [3.63, 3.8) is 0 Å². The average Bonchev–Trinajstić information content (AvgIpc) is 3.08. The maximum absolute atomic E-state index is 12.4. The zero-order chi connectivity index (χ0) is 17.9. The van der Waals surface area contributed by atoms with Gasteiger partial charge in [-0.3, -0.25) is 19.6 Å². The van der Waals surface area contributed by atoms with Crippen molar-refractivity contribution in [2.45, 2.75) is 40.5 Å². The summed E-state index contributed by atoms with van der Waals surface area (Å²) in [4.78, 5) is 22.9. The third-order valence-electron chi connectivity index (χ3n) is 3.54. The van der Waals surface area contributed by atoms with Crippen molar-refractivity contribution in [3.05, 3.63) is 33.9 Å². The van der Waals surface area contributed by atoms with Crippen LogP contribution in [0.2, 0.25) is 0 Å². The fourth-order valence-corrected chi connectivity index (χ4v) is 2.34. The highest BCUT2D eigenvalue weighted by atomic mass is 16.6. The SMILES string of the molecule is CCOCn1cc(NC(=O)C(C)n2nc(C)c([N+](=O)[O-])c2C)cn1. The smallest absolute Gasteiger partial charge is 0.312 e. The summed E-state index contributed by atoms with van der Waals surface area (Å²) in [7, 11) is 0. The third-order valence-corrected chi connectivity index (χ3v) is 3.54. The lowest BCUT2D eigenvalue weighted by Crippen LogP contribution is -2.25. The first-order valence-corrected chi connectivity index (χ1v) is 7.46. The molecule has 0 bridgehead atoms. The number of amides is 1. The summed E-state index contributed by atoms with van der Waals surface area (Å²) >= 11 is 0. The van der Waals surface area contributed by atoms with Gasteiger partial charge in [0.1, 0.15) is 24.2 Å². The van der Waals surface area contributed by atoms with Gasteiger partial charge in [-0.15, -0.1) is 0 Å². The number of nitrogens with zero attached hydrogens (tertiary/aromatic N) is 5. The summed E-state index contributed by atoms with van der Waals surface area (Å²) in [6.45, 7) is 7.48. The maximum atomic E-state index is 12.4. The second-order valence-corrected chi connectivity index (χ2v) is 5.28. The highest BCUT2D eigenvalue weighted by Gasteiger charge is 2.27. The zero-order valence-electron chi connectivity index (χ0n) is 14.0. The average molecular weight is 336 g/mol. The standard InChI is InChI=1S/C14H20N6O4/c1-5-24-8-18-7-12(6-15-18)16-14(21)11(4)19-10(3)13(20(22)23)9(2)17-19/h6-7,11H,5,8H2,1-4H3,(H,16,21). The molecule has 0 radical (unpaired) electrons. The Bertz CT molecular complexity index is 751. The van der Waals surface area contributed by atoms with Crippen LogP contribution in [0.4, 0.5) is 11.4 Å². The summed E-state index contributed by atoms with van der Waals surface area (Å²) in [6, 6.07) is -0.701. The predicted octanol–water partition coefficient (Wildman–Crippen LogP) is 1.80. The number of aromatic nitrogens is 4. The molecule has 2 aromatic heterocycles. The molecule has 0 aliphatic heterocycles. The van der Waals surface area contributed by atoms with Gasteiger partial charge in [-0.1, -0.05) is 0 Å². The number of carbonyl (C=O) groups is 1. The summed E-state index contributed by atoms with van der Waals surface area (Å²) in [5, 5.41) is 21.9. The van der Waals surface area contributed by atoms with E-state index in [1.54, 1.807) is 31.6 Å². The van der Waals surface area contributed by atoms with Gasteiger partial charge in [0, 0.05) is 6.61 Å². The molecular formula is C14H20N6O4. The van der Waals surface area contributed by atoms with E-state index in [9.17, 15) is 14.9 Å². The molecule has 1 atom stereocenters. The summed E-state index contributed by atoms with van der Waals surface area (Å²) in [5.41, 5.74) is 1.07. The number of nitrogens with one attached hydrogen (secondary N) is 1. The minimum Gasteiger partial charge on any atom is -0.360 e. The van der Waals surface area contributed by atoms with Crippen molar-refractivity contribution < 1.29 is 14.5 Å². The predicted molar refractivity (Wildman–Crippen MR) is 85.5 cm³/mol. The molecular weight excluding hydrogens is 316 g/mol. The monoisotopic (exact) mass is 336 g/mol. The van der Waals surface area contributed by atoms with Crippen LogP contribution in [0, 0.1) is 24.0 Å². The van der Waals surface area contributed by atoms with E-state index in [4.69, 9.17) is 4.74 Å². The van der Waals surface area contributed by atoms with E-state index in [2.05, 4.69) is 15.5 Å². The molecule has 0 saturated heterocycles. The number of hydrogen-bond donors (Lipinski definition) is 1. The fraction of sp³-hybridized carbons (Fsp3) is 0.500. The maximum Gasteiger partial charge on any atom is 0.312 e. The van der Waals surface area contributed by atoms with Crippen LogP contribution in [0.3, 0.4) is 0 Å². The Morgan fingerprint density at radius 3 is 2.79 bits per heavy atom. The number of rotatable bonds is 7. The lowest BCUT2D eigenvalue weighted by Gasteiger charge is -2.13.